The quantitative estimate of drug-likeness (QED) is 0.676. The second kappa shape index (κ2) is 8.43. The van der Waals surface area contributed by atoms with Crippen LogP contribution in [0.1, 0.15) is 12.0 Å². The van der Waals surface area contributed by atoms with Crippen LogP contribution in [0.25, 0.3) is 10.9 Å². The summed E-state index contributed by atoms with van der Waals surface area (Å²) in [5.74, 6) is 1.76. The van der Waals surface area contributed by atoms with Gasteiger partial charge in [0.1, 0.15) is 11.5 Å². The second-order valence-electron chi connectivity index (χ2n) is 6.10. The van der Waals surface area contributed by atoms with Crippen LogP contribution in [0.15, 0.2) is 54.7 Å². The van der Waals surface area contributed by atoms with E-state index < -0.39 is 0 Å². The molecule has 0 aliphatic rings. The summed E-state index contributed by atoms with van der Waals surface area (Å²) in [5.41, 5.74) is 2.24. The summed E-state index contributed by atoms with van der Waals surface area (Å²) < 4.78 is 12.6. The van der Waals surface area contributed by atoms with E-state index in [9.17, 15) is 4.79 Å². The number of rotatable bonds is 8. The SMILES string of the molecule is COc1ccc(CCC(=O)NCCn2ccc3c(OC)cccc32)cc1. The van der Waals surface area contributed by atoms with Crippen LogP contribution < -0.4 is 14.8 Å². The van der Waals surface area contributed by atoms with Gasteiger partial charge in [-0.3, -0.25) is 4.79 Å². The van der Waals surface area contributed by atoms with Crippen LogP contribution in [0.4, 0.5) is 0 Å². The summed E-state index contributed by atoms with van der Waals surface area (Å²) in [4.78, 5) is 12.1. The first-order valence-corrected chi connectivity index (χ1v) is 8.72. The lowest BCUT2D eigenvalue weighted by atomic mass is 10.1. The molecule has 0 atom stereocenters. The molecule has 3 rings (SSSR count). The fourth-order valence-electron chi connectivity index (χ4n) is 3.02. The molecule has 26 heavy (non-hydrogen) atoms. The van der Waals surface area contributed by atoms with Gasteiger partial charge < -0.3 is 19.4 Å². The molecule has 0 radical (unpaired) electrons. The van der Waals surface area contributed by atoms with E-state index in [1.165, 1.54) is 0 Å². The lowest BCUT2D eigenvalue weighted by molar-refractivity contribution is -0.121. The lowest BCUT2D eigenvalue weighted by Gasteiger charge is -2.09. The number of nitrogens with one attached hydrogen (secondary N) is 1. The molecule has 0 aliphatic carbocycles. The molecule has 1 heterocycles. The number of carbonyl (C=O) groups is 1. The van der Waals surface area contributed by atoms with Crippen molar-refractivity contribution in [3.8, 4) is 11.5 Å². The number of aryl methyl sites for hydroxylation is 1. The molecule has 0 aliphatic heterocycles. The zero-order valence-electron chi connectivity index (χ0n) is 15.2. The molecular weight excluding hydrogens is 328 g/mol. The highest BCUT2D eigenvalue weighted by Gasteiger charge is 2.06. The van der Waals surface area contributed by atoms with Gasteiger partial charge in [-0.15, -0.1) is 0 Å². The van der Waals surface area contributed by atoms with E-state index in [-0.39, 0.29) is 5.91 Å². The summed E-state index contributed by atoms with van der Waals surface area (Å²) in [5, 5.41) is 4.08. The molecule has 5 nitrogen and oxygen atoms in total. The van der Waals surface area contributed by atoms with Gasteiger partial charge >= 0.3 is 0 Å². The van der Waals surface area contributed by atoms with Gasteiger partial charge in [-0.1, -0.05) is 18.2 Å². The van der Waals surface area contributed by atoms with Crippen LogP contribution in [0.5, 0.6) is 11.5 Å². The summed E-state index contributed by atoms with van der Waals surface area (Å²) in [7, 11) is 3.32. The number of benzene rings is 2. The Bertz CT molecular complexity index is 869. The molecular formula is C21H24N2O3. The van der Waals surface area contributed by atoms with Gasteiger partial charge in [0, 0.05) is 31.1 Å². The monoisotopic (exact) mass is 352 g/mol. The largest absolute Gasteiger partial charge is 0.497 e. The Kier molecular flexibility index (Phi) is 5.79. The Morgan fingerprint density at radius 2 is 1.85 bits per heavy atom. The number of ether oxygens (including phenoxy) is 2. The van der Waals surface area contributed by atoms with Crippen molar-refractivity contribution in [2.45, 2.75) is 19.4 Å². The van der Waals surface area contributed by atoms with Crippen molar-refractivity contribution in [3.63, 3.8) is 0 Å². The maximum absolute atomic E-state index is 12.1. The number of nitrogens with zero attached hydrogens (tertiary/aromatic N) is 1. The van der Waals surface area contributed by atoms with Crippen LogP contribution >= 0.6 is 0 Å². The van der Waals surface area contributed by atoms with E-state index >= 15 is 0 Å². The number of methoxy groups -OCH3 is 2. The van der Waals surface area contributed by atoms with E-state index in [1.54, 1.807) is 14.2 Å². The molecule has 0 unspecified atom stereocenters. The van der Waals surface area contributed by atoms with E-state index in [4.69, 9.17) is 9.47 Å². The standard InChI is InChI=1S/C21H24N2O3/c1-25-17-9-6-16(7-10-17)8-11-21(24)22-13-15-23-14-12-18-19(23)4-3-5-20(18)26-2/h3-7,9-10,12,14H,8,11,13,15H2,1-2H3,(H,22,24). The van der Waals surface area contributed by atoms with E-state index in [1.807, 2.05) is 48.7 Å². The van der Waals surface area contributed by atoms with E-state index in [0.29, 0.717) is 13.0 Å². The number of carbonyl (C=O) groups excluding carboxylic acids is 1. The number of hydrogen-bond donors (Lipinski definition) is 1. The lowest BCUT2D eigenvalue weighted by Crippen LogP contribution is -2.27. The van der Waals surface area contributed by atoms with Crippen molar-refractivity contribution in [1.82, 2.24) is 9.88 Å². The topological polar surface area (TPSA) is 52.5 Å². The molecule has 5 heteroatoms. The summed E-state index contributed by atoms with van der Waals surface area (Å²) in [6, 6.07) is 15.8. The van der Waals surface area contributed by atoms with Gasteiger partial charge in [-0.2, -0.15) is 0 Å². The molecule has 136 valence electrons. The minimum atomic E-state index is 0.0647. The third-order valence-corrected chi connectivity index (χ3v) is 4.47. The Hall–Kier alpha value is -2.95. The molecule has 1 amide bonds. The van der Waals surface area contributed by atoms with E-state index in [2.05, 4.69) is 16.0 Å². The first-order chi connectivity index (χ1) is 12.7. The minimum absolute atomic E-state index is 0.0647. The molecule has 0 spiro atoms. The van der Waals surface area contributed by atoms with Crippen molar-refractivity contribution in [2.24, 2.45) is 0 Å². The first-order valence-electron chi connectivity index (χ1n) is 8.72. The van der Waals surface area contributed by atoms with Crippen LogP contribution in [-0.4, -0.2) is 31.2 Å². The Balaban J connectivity index is 1.48. The zero-order valence-corrected chi connectivity index (χ0v) is 15.2. The summed E-state index contributed by atoms with van der Waals surface area (Å²) in [6.45, 7) is 1.33. The number of fused-ring (bicyclic) bond motifs is 1. The average Bonchev–Trinajstić information content (AvgIpc) is 3.10. The van der Waals surface area contributed by atoms with E-state index in [0.717, 1.165) is 40.9 Å². The Morgan fingerprint density at radius 3 is 2.58 bits per heavy atom. The van der Waals surface area contributed by atoms with Crippen molar-refractivity contribution < 1.29 is 14.3 Å². The molecule has 2 aromatic carbocycles. The van der Waals surface area contributed by atoms with Gasteiger partial charge in [-0.05, 0) is 42.3 Å². The third-order valence-electron chi connectivity index (χ3n) is 4.47. The third kappa shape index (κ3) is 4.17. The van der Waals surface area contributed by atoms with Crippen LogP contribution in [0.3, 0.4) is 0 Å². The molecule has 1 aromatic heterocycles. The molecule has 0 saturated heterocycles. The van der Waals surface area contributed by atoms with Crippen molar-refractivity contribution in [3.05, 3.63) is 60.3 Å². The van der Waals surface area contributed by atoms with Gasteiger partial charge in [0.2, 0.25) is 5.91 Å². The fourth-order valence-corrected chi connectivity index (χ4v) is 3.02. The molecule has 0 saturated carbocycles. The van der Waals surface area contributed by atoms with Crippen molar-refractivity contribution in [1.29, 1.82) is 0 Å². The van der Waals surface area contributed by atoms with Crippen LogP contribution in [-0.2, 0) is 17.8 Å². The van der Waals surface area contributed by atoms with Gasteiger partial charge in [0.05, 0.1) is 19.7 Å². The number of hydrogen-bond acceptors (Lipinski definition) is 3. The smallest absolute Gasteiger partial charge is 0.220 e. The number of aromatic nitrogens is 1. The van der Waals surface area contributed by atoms with Crippen LogP contribution in [0.2, 0.25) is 0 Å². The normalized spacial score (nSPS) is 10.7. The van der Waals surface area contributed by atoms with Crippen molar-refractivity contribution >= 4 is 16.8 Å². The van der Waals surface area contributed by atoms with Gasteiger partial charge in [0.25, 0.3) is 0 Å². The Morgan fingerprint density at radius 1 is 1.04 bits per heavy atom. The molecule has 0 fully saturated rings. The second-order valence-corrected chi connectivity index (χ2v) is 6.10. The predicted molar refractivity (Wildman–Crippen MR) is 103 cm³/mol. The maximum Gasteiger partial charge on any atom is 0.220 e. The molecule has 3 aromatic rings. The fraction of sp³-hybridized carbons (Fsp3) is 0.286. The summed E-state index contributed by atoms with van der Waals surface area (Å²) in [6.07, 6.45) is 3.22. The highest BCUT2D eigenvalue weighted by Crippen LogP contribution is 2.25. The summed E-state index contributed by atoms with van der Waals surface area (Å²) >= 11 is 0. The highest BCUT2D eigenvalue weighted by atomic mass is 16.5. The zero-order chi connectivity index (χ0) is 18.4. The van der Waals surface area contributed by atoms with Crippen molar-refractivity contribution in [2.75, 3.05) is 20.8 Å². The van der Waals surface area contributed by atoms with Crippen LogP contribution in [0, 0.1) is 0 Å². The first kappa shape index (κ1) is 17.9. The molecule has 0 bridgehead atoms. The average molecular weight is 352 g/mol. The maximum atomic E-state index is 12.1. The number of amides is 1. The molecule has 1 N–H and O–H groups in total. The Labute approximate surface area is 153 Å². The highest BCUT2D eigenvalue weighted by molar-refractivity contribution is 5.86. The minimum Gasteiger partial charge on any atom is -0.497 e. The van der Waals surface area contributed by atoms with Gasteiger partial charge in [0.15, 0.2) is 0 Å². The van der Waals surface area contributed by atoms with Gasteiger partial charge in [-0.25, -0.2) is 0 Å². The predicted octanol–water partition coefficient (Wildman–Crippen LogP) is 3.41.